The summed E-state index contributed by atoms with van der Waals surface area (Å²) in [5.41, 5.74) is 8.61. The van der Waals surface area contributed by atoms with Crippen LogP contribution in [-0.2, 0) is 38.6 Å². The smallest absolute Gasteiger partial charge is 0.251 e. The molecule has 2 N–H and O–H groups in total. The summed E-state index contributed by atoms with van der Waals surface area (Å²) in [6.45, 7) is 7.48. The van der Waals surface area contributed by atoms with Crippen LogP contribution in [0.3, 0.4) is 0 Å². The number of nitrogens with zero attached hydrogens (tertiary/aromatic N) is 2. The van der Waals surface area contributed by atoms with Crippen molar-refractivity contribution in [1.29, 1.82) is 5.53 Å². The molecule has 0 radical (unpaired) electrons. The molecule has 0 aliphatic rings. The molecule has 0 saturated carbocycles. The van der Waals surface area contributed by atoms with E-state index in [9.17, 15) is 26.4 Å². The van der Waals surface area contributed by atoms with Gasteiger partial charge in [0.1, 0.15) is 17.2 Å². The van der Waals surface area contributed by atoms with Gasteiger partial charge in [0.15, 0.2) is 25.5 Å². The van der Waals surface area contributed by atoms with E-state index in [0.717, 1.165) is 11.1 Å². The average Bonchev–Trinajstić information content (AvgIpc) is 3.12. The summed E-state index contributed by atoms with van der Waals surface area (Å²) in [6.07, 6.45) is 0.700. The van der Waals surface area contributed by atoms with Gasteiger partial charge in [0, 0.05) is 24.3 Å². The van der Waals surface area contributed by atoms with Gasteiger partial charge in [-0.3, -0.25) is 9.59 Å². The standard InChI is InChI=1S/C36H46N4O10S2/c1-28-4-12-33(13-5-28)51(43,44)26-32(27-52(45,46)34-14-6-29(2)7-15-34)35(41)30-8-10-31(11-9-30)36(42)38-17-19-48-21-23-50-25-24-49-22-20-47-18-3-16-39-40-37/h4-15,32,37H,3,16-27H2,1-2H3/p+1. The Morgan fingerprint density at radius 3 is 1.54 bits per heavy atom. The van der Waals surface area contributed by atoms with Crippen LogP contribution in [-0.4, -0.2) is 106 Å². The van der Waals surface area contributed by atoms with Crippen molar-refractivity contribution in [3.05, 3.63) is 95.1 Å². The van der Waals surface area contributed by atoms with Gasteiger partial charge in [-0.25, -0.2) is 16.8 Å². The second kappa shape index (κ2) is 22.0. The van der Waals surface area contributed by atoms with E-state index in [4.69, 9.17) is 24.5 Å². The lowest BCUT2D eigenvalue weighted by Crippen LogP contribution is -2.31. The number of rotatable bonds is 25. The summed E-state index contributed by atoms with van der Waals surface area (Å²) in [7, 11) is -8.06. The van der Waals surface area contributed by atoms with E-state index in [1.165, 1.54) is 48.5 Å². The van der Waals surface area contributed by atoms with E-state index >= 15 is 0 Å². The number of nitrogens with one attached hydrogen (secondary N) is 2. The molecule has 0 heterocycles. The van der Waals surface area contributed by atoms with Gasteiger partial charge in [0.05, 0.1) is 73.5 Å². The van der Waals surface area contributed by atoms with Crippen LogP contribution < -0.4 is 10.2 Å². The van der Waals surface area contributed by atoms with E-state index < -0.39 is 48.8 Å². The number of hydrogen-bond acceptors (Lipinski definition) is 12. The molecular weight excluding hydrogens is 713 g/mol. The molecule has 0 aliphatic heterocycles. The Balaban J connectivity index is 1.46. The molecule has 0 saturated heterocycles. The maximum atomic E-state index is 13.7. The first-order valence-electron chi connectivity index (χ1n) is 16.8. The Labute approximate surface area is 305 Å². The molecule has 16 heteroatoms. The zero-order valence-electron chi connectivity index (χ0n) is 29.5. The third kappa shape index (κ3) is 14.8. The number of carbonyl (C=O) groups excluding carboxylic acids is 2. The predicted molar refractivity (Wildman–Crippen MR) is 193 cm³/mol. The fourth-order valence-electron chi connectivity index (χ4n) is 4.82. The van der Waals surface area contributed by atoms with E-state index in [0.29, 0.717) is 59.2 Å². The zero-order valence-corrected chi connectivity index (χ0v) is 31.1. The van der Waals surface area contributed by atoms with Gasteiger partial charge < -0.3 is 24.3 Å². The number of carbonyl (C=O) groups is 2. The minimum Gasteiger partial charge on any atom is -0.379 e. The molecule has 3 aromatic carbocycles. The molecule has 3 rings (SSSR count). The van der Waals surface area contributed by atoms with E-state index in [-0.39, 0.29) is 34.1 Å². The summed E-state index contributed by atoms with van der Waals surface area (Å²) >= 11 is 0. The van der Waals surface area contributed by atoms with Gasteiger partial charge >= 0.3 is 0 Å². The molecule has 0 aliphatic carbocycles. The maximum Gasteiger partial charge on any atom is 0.251 e. The van der Waals surface area contributed by atoms with Crippen LogP contribution in [0.5, 0.6) is 0 Å². The number of benzene rings is 3. The molecule has 52 heavy (non-hydrogen) atoms. The Morgan fingerprint density at radius 2 is 1.08 bits per heavy atom. The van der Waals surface area contributed by atoms with E-state index in [2.05, 4.69) is 15.3 Å². The van der Waals surface area contributed by atoms with Gasteiger partial charge in [-0.2, -0.15) is 0 Å². The molecule has 0 aromatic heterocycles. The van der Waals surface area contributed by atoms with Crippen molar-refractivity contribution in [2.75, 3.05) is 77.5 Å². The molecule has 282 valence electrons. The number of sulfone groups is 2. The molecule has 0 bridgehead atoms. The number of ether oxygens (including phenoxy) is 4. The lowest BCUT2D eigenvalue weighted by Gasteiger charge is -2.17. The normalized spacial score (nSPS) is 11.7. The van der Waals surface area contributed by atoms with Crippen molar-refractivity contribution in [3.8, 4) is 0 Å². The highest BCUT2D eigenvalue weighted by atomic mass is 32.2. The number of Topliss-reactive ketones (excluding diaryl/α,β-unsaturated/α-hetero) is 1. The minimum absolute atomic E-state index is 0.00567. The number of aryl methyl sites for hydroxylation is 2. The monoisotopic (exact) mass is 759 g/mol. The van der Waals surface area contributed by atoms with Crippen molar-refractivity contribution >= 4 is 31.4 Å². The van der Waals surface area contributed by atoms with Gasteiger partial charge in [0.2, 0.25) is 4.91 Å². The Kier molecular flexibility index (Phi) is 17.9. The molecular formula is C36H47N4O10S2+. The summed E-state index contributed by atoms with van der Waals surface area (Å²) < 4.78 is 75.1. The number of hydrogen-bond donors (Lipinski definition) is 2. The Morgan fingerprint density at radius 1 is 0.654 bits per heavy atom. The fourth-order valence-corrected chi connectivity index (χ4v) is 8.06. The van der Waals surface area contributed by atoms with Gasteiger partial charge in [-0.05, 0) is 56.7 Å². The van der Waals surface area contributed by atoms with Crippen molar-refractivity contribution in [2.24, 2.45) is 11.0 Å². The van der Waals surface area contributed by atoms with Gasteiger partial charge in [0.25, 0.3) is 5.91 Å². The molecule has 3 aromatic rings. The highest BCUT2D eigenvalue weighted by Gasteiger charge is 2.33. The number of amides is 1. The fraction of sp³-hybridized carbons (Fsp3) is 0.444. The van der Waals surface area contributed by atoms with Crippen molar-refractivity contribution < 1.29 is 45.4 Å². The van der Waals surface area contributed by atoms with Crippen LogP contribution in [0.25, 0.3) is 0 Å². The van der Waals surface area contributed by atoms with Crippen molar-refractivity contribution in [2.45, 2.75) is 30.1 Å². The summed E-state index contributed by atoms with van der Waals surface area (Å²) in [5.74, 6) is -3.88. The predicted octanol–water partition coefficient (Wildman–Crippen LogP) is 3.79. The van der Waals surface area contributed by atoms with Crippen LogP contribution in [0, 0.1) is 25.3 Å². The lowest BCUT2D eigenvalue weighted by atomic mass is 9.99. The summed E-state index contributed by atoms with van der Waals surface area (Å²) in [6, 6.07) is 17.9. The van der Waals surface area contributed by atoms with Gasteiger partial charge in [-0.15, -0.1) is 0 Å². The molecule has 0 spiro atoms. The maximum absolute atomic E-state index is 13.7. The minimum atomic E-state index is -4.03. The van der Waals surface area contributed by atoms with Gasteiger partial charge in [-0.1, -0.05) is 47.5 Å². The first kappa shape index (κ1) is 42.3. The van der Waals surface area contributed by atoms with Crippen LogP contribution in [0.15, 0.2) is 87.7 Å². The van der Waals surface area contributed by atoms with Crippen molar-refractivity contribution in [3.63, 3.8) is 0 Å². The number of ketones is 1. The van der Waals surface area contributed by atoms with Crippen LogP contribution in [0.2, 0.25) is 0 Å². The van der Waals surface area contributed by atoms with E-state index in [1.807, 2.05) is 13.8 Å². The van der Waals surface area contributed by atoms with Crippen LogP contribution in [0.4, 0.5) is 0 Å². The Hall–Kier alpha value is -4.15. The van der Waals surface area contributed by atoms with E-state index in [1.54, 1.807) is 24.3 Å². The largest absolute Gasteiger partial charge is 0.379 e. The molecule has 0 atom stereocenters. The second-order valence-corrected chi connectivity index (χ2v) is 15.9. The summed E-state index contributed by atoms with van der Waals surface area (Å²) in [5, 5.41) is 6.26. The average molecular weight is 760 g/mol. The first-order chi connectivity index (χ1) is 24.9. The molecule has 1 amide bonds. The zero-order chi connectivity index (χ0) is 37.8. The van der Waals surface area contributed by atoms with Crippen LogP contribution >= 0.6 is 0 Å². The SMILES string of the molecule is Cc1ccc(S(=O)(=O)CC(CS(=O)(=O)c2ccc(C)cc2)C(=O)c2ccc(C(=O)NCCOCCOCCOCCOCCCN=[N+]=N)cc2)cc1. The molecule has 0 fully saturated rings. The Bertz CT molecular complexity index is 1750. The highest BCUT2D eigenvalue weighted by Crippen LogP contribution is 2.23. The van der Waals surface area contributed by atoms with Crippen molar-refractivity contribution in [1.82, 2.24) is 10.2 Å². The summed E-state index contributed by atoms with van der Waals surface area (Å²) in [4.78, 5) is 29.3. The molecule has 0 unspecified atom stereocenters. The first-order valence-corrected chi connectivity index (χ1v) is 20.1. The third-order valence-electron chi connectivity index (χ3n) is 7.67. The second-order valence-electron chi connectivity index (χ2n) is 11.9. The topological polar surface area (TPSA) is 202 Å². The highest BCUT2D eigenvalue weighted by molar-refractivity contribution is 7.92. The lowest BCUT2D eigenvalue weighted by molar-refractivity contribution is -0.00147. The quantitative estimate of drug-likeness (QED) is 0.0554. The third-order valence-corrected chi connectivity index (χ3v) is 11.3. The molecule has 14 nitrogen and oxygen atoms in total. The van der Waals surface area contributed by atoms with Crippen LogP contribution in [0.1, 0.15) is 38.3 Å².